The lowest BCUT2D eigenvalue weighted by Crippen LogP contribution is -2.32. The van der Waals surface area contributed by atoms with Crippen molar-refractivity contribution in [1.29, 1.82) is 0 Å². The van der Waals surface area contributed by atoms with Gasteiger partial charge in [0.1, 0.15) is 18.2 Å². The molecule has 0 saturated carbocycles. The standard InChI is InChI=1S/C18H16FN3O3S/c19-15-2-7-18-14(12-15)13-21(10-11-25-18)26(23,24)17-5-3-16(4-6-17)22-9-1-8-20-22/h1-9,12H,10-11,13H2. The van der Waals surface area contributed by atoms with Crippen LogP contribution >= 0.6 is 0 Å². The topological polar surface area (TPSA) is 64.4 Å². The van der Waals surface area contributed by atoms with E-state index in [0.29, 0.717) is 11.3 Å². The van der Waals surface area contributed by atoms with E-state index in [4.69, 9.17) is 4.74 Å². The first-order valence-electron chi connectivity index (χ1n) is 8.05. The van der Waals surface area contributed by atoms with Gasteiger partial charge in [-0.05, 0) is 48.5 Å². The Morgan fingerprint density at radius 1 is 1.12 bits per heavy atom. The Morgan fingerprint density at radius 2 is 1.92 bits per heavy atom. The Balaban J connectivity index is 1.63. The summed E-state index contributed by atoms with van der Waals surface area (Å²) in [6, 6.07) is 12.4. The van der Waals surface area contributed by atoms with Crippen molar-refractivity contribution in [2.45, 2.75) is 11.4 Å². The highest BCUT2D eigenvalue weighted by atomic mass is 32.2. The summed E-state index contributed by atoms with van der Waals surface area (Å²) in [5, 5.41) is 4.12. The third-order valence-electron chi connectivity index (χ3n) is 4.21. The van der Waals surface area contributed by atoms with Crippen LogP contribution in [0.15, 0.2) is 65.8 Å². The molecule has 1 aliphatic rings. The van der Waals surface area contributed by atoms with Gasteiger partial charge in [-0.3, -0.25) is 0 Å². The van der Waals surface area contributed by atoms with E-state index in [9.17, 15) is 12.8 Å². The van der Waals surface area contributed by atoms with E-state index in [1.165, 1.54) is 22.5 Å². The number of benzene rings is 2. The van der Waals surface area contributed by atoms with E-state index in [0.717, 1.165) is 5.69 Å². The monoisotopic (exact) mass is 373 g/mol. The van der Waals surface area contributed by atoms with Crippen molar-refractivity contribution in [1.82, 2.24) is 14.1 Å². The molecule has 6 nitrogen and oxygen atoms in total. The van der Waals surface area contributed by atoms with Crippen molar-refractivity contribution in [3.8, 4) is 11.4 Å². The normalized spacial score (nSPS) is 15.1. The highest BCUT2D eigenvalue weighted by Crippen LogP contribution is 2.27. The van der Waals surface area contributed by atoms with Gasteiger partial charge < -0.3 is 4.74 Å². The minimum atomic E-state index is -3.73. The molecule has 0 atom stereocenters. The Kier molecular flexibility index (Phi) is 4.21. The van der Waals surface area contributed by atoms with Crippen molar-refractivity contribution in [3.05, 3.63) is 72.3 Å². The summed E-state index contributed by atoms with van der Waals surface area (Å²) in [6.07, 6.45) is 3.43. The van der Waals surface area contributed by atoms with Crippen molar-refractivity contribution in [2.75, 3.05) is 13.2 Å². The second-order valence-corrected chi connectivity index (χ2v) is 7.82. The molecule has 8 heteroatoms. The van der Waals surface area contributed by atoms with Crippen molar-refractivity contribution in [2.24, 2.45) is 0 Å². The summed E-state index contributed by atoms with van der Waals surface area (Å²) in [5.41, 5.74) is 1.28. The summed E-state index contributed by atoms with van der Waals surface area (Å²) in [4.78, 5) is 0.174. The zero-order chi connectivity index (χ0) is 18.1. The molecule has 2 heterocycles. The maximum atomic E-state index is 13.5. The summed E-state index contributed by atoms with van der Waals surface area (Å²) in [5.74, 6) is 0.0910. The molecule has 0 spiro atoms. The van der Waals surface area contributed by atoms with Gasteiger partial charge in [0.15, 0.2) is 0 Å². The number of fused-ring (bicyclic) bond motifs is 1. The van der Waals surface area contributed by atoms with Gasteiger partial charge in [0.25, 0.3) is 0 Å². The molecule has 1 aromatic heterocycles. The van der Waals surface area contributed by atoms with Crippen LogP contribution in [0, 0.1) is 5.82 Å². The van der Waals surface area contributed by atoms with Crippen LogP contribution in [0.3, 0.4) is 0 Å². The predicted octanol–water partition coefficient (Wildman–Crippen LogP) is 2.59. The van der Waals surface area contributed by atoms with E-state index >= 15 is 0 Å². The summed E-state index contributed by atoms with van der Waals surface area (Å²) >= 11 is 0. The lowest BCUT2D eigenvalue weighted by Gasteiger charge is -2.19. The fraction of sp³-hybridized carbons (Fsp3) is 0.167. The van der Waals surface area contributed by atoms with Crippen LogP contribution in [-0.4, -0.2) is 35.7 Å². The number of sulfonamides is 1. The first kappa shape index (κ1) is 16.7. The lowest BCUT2D eigenvalue weighted by molar-refractivity contribution is 0.293. The Bertz CT molecular complexity index is 1020. The molecule has 0 aliphatic carbocycles. The molecule has 0 bridgehead atoms. The molecule has 0 amide bonds. The fourth-order valence-electron chi connectivity index (χ4n) is 2.89. The number of ether oxygens (including phenoxy) is 1. The van der Waals surface area contributed by atoms with Gasteiger partial charge in [0.2, 0.25) is 10.0 Å². The van der Waals surface area contributed by atoms with Gasteiger partial charge in [0, 0.05) is 31.0 Å². The first-order valence-corrected chi connectivity index (χ1v) is 9.49. The summed E-state index contributed by atoms with van der Waals surface area (Å²) in [7, 11) is -3.73. The minimum Gasteiger partial charge on any atom is -0.492 e. The van der Waals surface area contributed by atoms with E-state index in [-0.39, 0.29) is 24.6 Å². The van der Waals surface area contributed by atoms with Crippen LogP contribution in [-0.2, 0) is 16.6 Å². The molecule has 134 valence electrons. The van der Waals surface area contributed by atoms with Gasteiger partial charge in [-0.25, -0.2) is 17.5 Å². The first-order chi connectivity index (χ1) is 12.5. The summed E-state index contributed by atoms with van der Waals surface area (Å²) < 4.78 is 48.0. The molecular weight excluding hydrogens is 357 g/mol. The zero-order valence-corrected chi connectivity index (χ0v) is 14.6. The highest BCUT2D eigenvalue weighted by Gasteiger charge is 2.28. The van der Waals surface area contributed by atoms with E-state index < -0.39 is 15.8 Å². The number of rotatable bonds is 3. The number of hydrogen-bond donors (Lipinski definition) is 0. The van der Waals surface area contributed by atoms with E-state index in [1.807, 2.05) is 0 Å². The Hall–Kier alpha value is -2.71. The molecule has 0 radical (unpaired) electrons. The van der Waals surface area contributed by atoms with Crippen LogP contribution in [0.5, 0.6) is 5.75 Å². The molecule has 1 aliphatic heterocycles. The van der Waals surface area contributed by atoms with Gasteiger partial charge >= 0.3 is 0 Å². The largest absolute Gasteiger partial charge is 0.492 e. The van der Waals surface area contributed by atoms with Crippen LogP contribution in [0.1, 0.15) is 5.56 Å². The van der Waals surface area contributed by atoms with Crippen molar-refractivity contribution in [3.63, 3.8) is 0 Å². The quantitative estimate of drug-likeness (QED) is 0.708. The SMILES string of the molecule is O=S(=O)(c1ccc(-n2cccn2)cc1)N1CCOc2ccc(F)cc2C1. The number of halogens is 1. The van der Waals surface area contributed by atoms with Crippen LogP contribution < -0.4 is 4.74 Å². The second-order valence-electron chi connectivity index (χ2n) is 5.88. The van der Waals surface area contributed by atoms with Crippen molar-refractivity contribution >= 4 is 10.0 Å². The van der Waals surface area contributed by atoms with Gasteiger partial charge in [-0.1, -0.05) is 0 Å². The smallest absolute Gasteiger partial charge is 0.243 e. The molecular formula is C18H16FN3O3S. The number of aromatic nitrogens is 2. The molecule has 3 aromatic rings. The molecule has 0 saturated heterocycles. The lowest BCUT2D eigenvalue weighted by atomic mass is 10.2. The van der Waals surface area contributed by atoms with Crippen molar-refractivity contribution < 1.29 is 17.5 Å². The number of nitrogens with zero attached hydrogens (tertiary/aromatic N) is 3. The van der Waals surface area contributed by atoms with E-state index in [1.54, 1.807) is 47.4 Å². The maximum absolute atomic E-state index is 13.5. The third-order valence-corrected chi connectivity index (χ3v) is 6.07. The molecule has 0 N–H and O–H groups in total. The van der Waals surface area contributed by atoms with Crippen LogP contribution in [0.2, 0.25) is 0 Å². The third kappa shape index (κ3) is 3.09. The summed E-state index contributed by atoms with van der Waals surface area (Å²) in [6.45, 7) is 0.471. The van der Waals surface area contributed by atoms with Gasteiger partial charge in [0.05, 0.1) is 10.6 Å². The Morgan fingerprint density at radius 3 is 2.65 bits per heavy atom. The van der Waals surface area contributed by atoms with Crippen LogP contribution in [0.25, 0.3) is 5.69 Å². The molecule has 0 fully saturated rings. The highest BCUT2D eigenvalue weighted by molar-refractivity contribution is 7.89. The minimum absolute atomic E-state index is 0.0658. The average Bonchev–Trinajstić information content (AvgIpc) is 3.09. The molecule has 26 heavy (non-hydrogen) atoms. The fourth-order valence-corrected chi connectivity index (χ4v) is 4.29. The molecule has 2 aromatic carbocycles. The second kappa shape index (κ2) is 6.54. The average molecular weight is 373 g/mol. The van der Waals surface area contributed by atoms with E-state index in [2.05, 4.69) is 5.10 Å². The predicted molar refractivity (Wildman–Crippen MR) is 93.1 cm³/mol. The van der Waals surface area contributed by atoms with Crippen LogP contribution in [0.4, 0.5) is 4.39 Å². The van der Waals surface area contributed by atoms with Gasteiger partial charge in [-0.15, -0.1) is 0 Å². The number of hydrogen-bond acceptors (Lipinski definition) is 4. The van der Waals surface area contributed by atoms with Gasteiger partial charge in [-0.2, -0.15) is 9.40 Å². The molecule has 4 rings (SSSR count). The maximum Gasteiger partial charge on any atom is 0.243 e. The molecule has 0 unspecified atom stereocenters. The Labute approximate surface area is 150 Å². The zero-order valence-electron chi connectivity index (χ0n) is 13.7.